The molecule has 0 radical (unpaired) electrons. The molecule has 0 aliphatic rings. The number of nitrogens with zero attached hydrogens (tertiary/aromatic N) is 1. The lowest BCUT2D eigenvalue weighted by atomic mass is 10.0. The summed E-state index contributed by atoms with van der Waals surface area (Å²) in [6.07, 6.45) is 25.8. The van der Waals surface area contributed by atoms with Crippen LogP contribution in [0.5, 0.6) is 0 Å². The maximum Gasteiger partial charge on any atom is -0.00773 e. The van der Waals surface area contributed by atoms with Crippen LogP contribution in [0, 0.1) is 0 Å². The summed E-state index contributed by atoms with van der Waals surface area (Å²) in [6.45, 7) is 3.17. The molecule has 0 aromatic heterocycles. The lowest BCUT2D eigenvalue weighted by molar-refractivity contribution is 0.505. The van der Waals surface area contributed by atoms with Crippen molar-refractivity contribution in [2.24, 2.45) is 5.73 Å². The summed E-state index contributed by atoms with van der Waals surface area (Å²) in [5.74, 6) is 0. The maximum absolute atomic E-state index is 5.49. The highest BCUT2D eigenvalue weighted by Crippen LogP contribution is 2.14. The van der Waals surface area contributed by atoms with Crippen LogP contribution in [0.15, 0.2) is 0 Å². The molecule has 2 heteroatoms. The minimum atomic E-state index is 0.874. The van der Waals surface area contributed by atoms with E-state index in [1.165, 1.54) is 116 Å². The Morgan fingerprint density at radius 2 is 0.640 bits per heavy atom. The van der Waals surface area contributed by atoms with E-state index < -0.39 is 0 Å². The average molecular weight is 357 g/mol. The lowest BCUT2D eigenvalue weighted by Crippen LogP contribution is -1.99. The van der Waals surface area contributed by atoms with Gasteiger partial charge >= 0.3 is 0 Å². The van der Waals surface area contributed by atoms with Crippen LogP contribution in [0.25, 0.3) is 0 Å². The van der Waals surface area contributed by atoms with Gasteiger partial charge in [0, 0.05) is 0 Å². The van der Waals surface area contributed by atoms with Gasteiger partial charge < -0.3 is 10.6 Å². The second-order valence-corrected chi connectivity index (χ2v) is 8.14. The van der Waals surface area contributed by atoms with Crippen LogP contribution in [0.3, 0.4) is 0 Å². The van der Waals surface area contributed by atoms with Crippen molar-refractivity contribution < 1.29 is 0 Å². The summed E-state index contributed by atoms with van der Waals surface area (Å²) in [5, 5.41) is 0. The Kier molecular flexibility index (Phi) is 28.4. The van der Waals surface area contributed by atoms with Gasteiger partial charge in [0.2, 0.25) is 0 Å². The Hall–Kier alpha value is -0.0800. The van der Waals surface area contributed by atoms with Crippen molar-refractivity contribution in [3.05, 3.63) is 0 Å². The fourth-order valence-electron chi connectivity index (χ4n) is 3.05. The lowest BCUT2D eigenvalue weighted by Gasteiger charge is -2.03. The van der Waals surface area contributed by atoms with Crippen molar-refractivity contribution in [1.82, 2.24) is 4.90 Å². The molecule has 0 spiro atoms. The first kappa shape index (κ1) is 27.1. The summed E-state index contributed by atoms with van der Waals surface area (Å²) in [7, 11) is 6.00. The first-order chi connectivity index (χ1) is 12.1. The fraction of sp³-hybridized carbons (Fsp3) is 1.00. The average Bonchev–Trinajstić information content (AvgIpc) is 2.57. The third-order valence-corrected chi connectivity index (χ3v) is 4.56. The van der Waals surface area contributed by atoms with E-state index >= 15 is 0 Å². The molecule has 0 saturated heterocycles. The zero-order chi connectivity index (χ0) is 19.0. The van der Waals surface area contributed by atoms with E-state index in [0.717, 1.165) is 6.54 Å². The third kappa shape index (κ3) is 35.8. The summed E-state index contributed by atoms with van der Waals surface area (Å²) in [4.78, 5) is 2.00. The Bertz CT molecular complexity index is 184. The van der Waals surface area contributed by atoms with Crippen molar-refractivity contribution in [2.75, 3.05) is 27.7 Å². The van der Waals surface area contributed by atoms with E-state index in [9.17, 15) is 0 Å². The van der Waals surface area contributed by atoms with E-state index in [1.54, 1.807) is 0 Å². The molecular formula is C23H52N2. The van der Waals surface area contributed by atoms with Crippen LogP contribution >= 0.6 is 0 Å². The molecule has 0 bridgehead atoms. The SMILES string of the molecule is CCCCCCCCCCCCCCCCCCCCN.CN(C)C. The molecule has 2 nitrogen and oxygen atoms in total. The van der Waals surface area contributed by atoms with Crippen molar-refractivity contribution in [3.63, 3.8) is 0 Å². The standard InChI is InChI=1S/C20H43N.C3H9N/c1-2-3-4-5-6-7-8-9-10-11-12-13-14-15-16-17-18-19-20-21;1-4(2)3/h2-21H2,1H3;1-3H3. The molecule has 0 aromatic rings. The summed E-state index contributed by atoms with van der Waals surface area (Å²) in [5.41, 5.74) is 5.49. The van der Waals surface area contributed by atoms with E-state index in [1.807, 2.05) is 26.0 Å². The predicted octanol–water partition coefficient (Wildman–Crippen LogP) is 7.16. The molecule has 0 fully saturated rings. The van der Waals surface area contributed by atoms with Gasteiger partial charge in [0.15, 0.2) is 0 Å². The van der Waals surface area contributed by atoms with Gasteiger partial charge in [-0.05, 0) is 34.1 Å². The van der Waals surface area contributed by atoms with Gasteiger partial charge in [-0.3, -0.25) is 0 Å². The molecule has 2 N–H and O–H groups in total. The maximum atomic E-state index is 5.49. The largest absolute Gasteiger partial charge is 0.330 e. The number of rotatable bonds is 18. The predicted molar refractivity (Wildman–Crippen MR) is 117 cm³/mol. The van der Waals surface area contributed by atoms with Crippen LogP contribution in [0.2, 0.25) is 0 Å². The van der Waals surface area contributed by atoms with Crippen LogP contribution in [0.1, 0.15) is 122 Å². The highest BCUT2D eigenvalue weighted by Gasteiger charge is 1.94. The molecule has 0 atom stereocenters. The second kappa shape index (κ2) is 26.2. The van der Waals surface area contributed by atoms with Gasteiger partial charge in [-0.2, -0.15) is 0 Å². The number of hydrogen-bond acceptors (Lipinski definition) is 2. The van der Waals surface area contributed by atoms with Crippen LogP contribution in [0.4, 0.5) is 0 Å². The molecule has 0 unspecified atom stereocenters. The minimum Gasteiger partial charge on any atom is -0.330 e. The van der Waals surface area contributed by atoms with E-state index in [-0.39, 0.29) is 0 Å². The van der Waals surface area contributed by atoms with Crippen LogP contribution < -0.4 is 5.73 Å². The van der Waals surface area contributed by atoms with Crippen LogP contribution in [-0.4, -0.2) is 32.6 Å². The molecule has 0 saturated carbocycles. The summed E-state index contributed by atoms with van der Waals surface area (Å²) >= 11 is 0. The molecular weight excluding hydrogens is 304 g/mol. The molecule has 0 aliphatic heterocycles. The minimum absolute atomic E-state index is 0.874. The monoisotopic (exact) mass is 356 g/mol. The smallest absolute Gasteiger partial charge is 0.00773 e. The van der Waals surface area contributed by atoms with Gasteiger partial charge in [-0.1, -0.05) is 116 Å². The van der Waals surface area contributed by atoms with Gasteiger partial charge in [0.05, 0.1) is 0 Å². The highest BCUT2D eigenvalue weighted by atomic mass is 15.0. The van der Waals surface area contributed by atoms with E-state index in [2.05, 4.69) is 6.92 Å². The number of unbranched alkanes of at least 4 members (excludes halogenated alkanes) is 17. The molecule has 25 heavy (non-hydrogen) atoms. The van der Waals surface area contributed by atoms with Crippen molar-refractivity contribution in [1.29, 1.82) is 0 Å². The highest BCUT2D eigenvalue weighted by molar-refractivity contribution is 4.50. The van der Waals surface area contributed by atoms with E-state index in [0.29, 0.717) is 0 Å². The zero-order valence-corrected chi connectivity index (χ0v) is 18.5. The first-order valence-electron chi connectivity index (χ1n) is 11.5. The quantitative estimate of drug-likeness (QED) is 0.264. The molecule has 0 amide bonds. The fourth-order valence-corrected chi connectivity index (χ4v) is 3.05. The molecule has 0 aliphatic carbocycles. The summed E-state index contributed by atoms with van der Waals surface area (Å²) in [6, 6.07) is 0. The van der Waals surface area contributed by atoms with Gasteiger partial charge in [-0.15, -0.1) is 0 Å². The molecule has 154 valence electrons. The first-order valence-corrected chi connectivity index (χ1v) is 11.5. The normalized spacial score (nSPS) is 10.8. The Morgan fingerprint density at radius 1 is 0.440 bits per heavy atom. The molecule has 0 heterocycles. The van der Waals surface area contributed by atoms with Gasteiger partial charge in [0.25, 0.3) is 0 Å². The Labute approximate surface area is 161 Å². The Balaban J connectivity index is 0. The Morgan fingerprint density at radius 3 is 0.840 bits per heavy atom. The van der Waals surface area contributed by atoms with Crippen molar-refractivity contribution in [3.8, 4) is 0 Å². The van der Waals surface area contributed by atoms with Gasteiger partial charge in [0.1, 0.15) is 0 Å². The number of nitrogens with two attached hydrogens (primary N) is 1. The van der Waals surface area contributed by atoms with Crippen molar-refractivity contribution >= 4 is 0 Å². The number of hydrogen-bond donors (Lipinski definition) is 1. The third-order valence-electron chi connectivity index (χ3n) is 4.56. The zero-order valence-electron chi connectivity index (χ0n) is 18.5. The summed E-state index contributed by atoms with van der Waals surface area (Å²) < 4.78 is 0. The van der Waals surface area contributed by atoms with E-state index in [4.69, 9.17) is 5.73 Å². The van der Waals surface area contributed by atoms with Crippen LogP contribution in [-0.2, 0) is 0 Å². The molecule has 0 aromatic carbocycles. The molecule has 0 rings (SSSR count). The van der Waals surface area contributed by atoms with Crippen molar-refractivity contribution in [2.45, 2.75) is 122 Å². The van der Waals surface area contributed by atoms with Gasteiger partial charge in [-0.25, -0.2) is 0 Å². The second-order valence-electron chi connectivity index (χ2n) is 8.14. The topological polar surface area (TPSA) is 29.3 Å².